The summed E-state index contributed by atoms with van der Waals surface area (Å²) in [6.45, 7) is 2.83. The molecule has 0 bridgehead atoms. The van der Waals surface area contributed by atoms with Gasteiger partial charge in [-0.25, -0.2) is 9.37 Å². The summed E-state index contributed by atoms with van der Waals surface area (Å²) < 4.78 is 18.5. The summed E-state index contributed by atoms with van der Waals surface area (Å²) in [6, 6.07) is 5.80. The van der Waals surface area contributed by atoms with Crippen molar-refractivity contribution in [2.45, 2.75) is 25.8 Å². The Morgan fingerprint density at radius 1 is 1.21 bits per heavy atom. The van der Waals surface area contributed by atoms with Crippen LogP contribution in [0.15, 0.2) is 34.9 Å². The molecule has 0 spiro atoms. The number of carbonyl (C=O) groups excluding carboxylic acids is 3. The third-order valence-corrected chi connectivity index (χ3v) is 6.37. The minimum absolute atomic E-state index is 0.0406. The van der Waals surface area contributed by atoms with E-state index in [1.807, 2.05) is 0 Å². The van der Waals surface area contributed by atoms with Crippen molar-refractivity contribution in [1.29, 1.82) is 0 Å². The number of likely N-dealkylation sites (tertiary alicyclic amines) is 1. The SMILES string of the molecule is CC(C(N)=O)N(c1ccc(F)cc1)c1nc(N)c(C(=O)c2cc(C(=O)N3CCCC3)no2)s1. The maximum Gasteiger partial charge on any atom is 0.276 e. The molecule has 4 rings (SSSR count). The van der Waals surface area contributed by atoms with Crippen LogP contribution in [0.2, 0.25) is 0 Å². The summed E-state index contributed by atoms with van der Waals surface area (Å²) in [6.07, 6.45) is 1.84. The van der Waals surface area contributed by atoms with Gasteiger partial charge in [0.1, 0.15) is 22.6 Å². The third-order valence-electron chi connectivity index (χ3n) is 5.30. The van der Waals surface area contributed by atoms with Crippen LogP contribution in [0.4, 0.5) is 21.0 Å². The third kappa shape index (κ3) is 4.42. The lowest BCUT2D eigenvalue weighted by Gasteiger charge is -2.26. The molecular formula is C21H21FN6O4S. The van der Waals surface area contributed by atoms with Crippen molar-refractivity contribution >= 4 is 45.6 Å². The van der Waals surface area contributed by atoms with E-state index in [1.54, 1.807) is 11.8 Å². The molecule has 0 aliphatic carbocycles. The van der Waals surface area contributed by atoms with E-state index in [9.17, 15) is 18.8 Å². The van der Waals surface area contributed by atoms with E-state index in [0.717, 1.165) is 24.2 Å². The summed E-state index contributed by atoms with van der Waals surface area (Å²) in [4.78, 5) is 44.8. The maximum atomic E-state index is 13.4. The fourth-order valence-corrected chi connectivity index (χ4v) is 4.52. The first kappa shape index (κ1) is 22.4. The largest absolute Gasteiger partial charge is 0.382 e. The van der Waals surface area contributed by atoms with E-state index < -0.39 is 23.5 Å². The minimum atomic E-state index is -0.862. The number of aromatic nitrogens is 2. The number of amides is 2. The van der Waals surface area contributed by atoms with Gasteiger partial charge in [0, 0.05) is 24.8 Å². The first-order valence-corrected chi connectivity index (χ1v) is 11.0. The molecule has 1 fully saturated rings. The molecule has 10 nitrogen and oxygen atoms in total. The number of thiazole rings is 1. The number of nitrogen functional groups attached to an aromatic ring is 1. The Morgan fingerprint density at radius 3 is 2.52 bits per heavy atom. The van der Waals surface area contributed by atoms with Gasteiger partial charge in [0.2, 0.25) is 17.5 Å². The number of nitrogens with two attached hydrogens (primary N) is 2. The van der Waals surface area contributed by atoms with Gasteiger partial charge in [-0.2, -0.15) is 0 Å². The number of primary amides is 1. The molecule has 172 valence electrons. The lowest BCUT2D eigenvalue weighted by atomic mass is 10.2. The number of hydrogen-bond acceptors (Lipinski definition) is 9. The summed E-state index contributed by atoms with van der Waals surface area (Å²) >= 11 is 0.914. The van der Waals surface area contributed by atoms with Crippen LogP contribution < -0.4 is 16.4 Å². The Hall–Kier alpha value is -3.80. The Labute approximate surface area is 191 Å². The highest BCUT2D eigenvalue weighted by molar-refractivity contribution is 7.18. The van der Waals surface area contributed by atoms with E-state index in [0.29, 0.717) is 18.8 Å². The zero-order chi connectivity index (χ0) is 23.7. The second kappa shape index (κ2) is 8.98. The van der Waals surface area contributed by atoms with Crippen LogP contribution >= 0.6 is 11.3 Å². The van der Waals surface area contributed by atoms with Crippen molar-refractivity contribution in [3.8, 4) is 0 Å². The maximum absolute atomic E-state index is 13.4. The molecule has 3 heterocycles. The highest BCUT2D eigenvalue weighted by atomic mass is 32.1. The molecule has 0 radical (unpaired) electrons. The number of rotatable bonds is 7. The van der Waals surface area contributed by atoms with Gasteiger partial charge in [-0.1, -0.05) is 16.5 Å². The predicted octanol–water partition coefficient (Wildman–Crippen LogP) is 2.33. The van der Waals surface area contributed by atoms with Gasteiger partial charge in [0.05, 0.1) is 0 Å². The van der Waals surface area contributed by atoms with Crippen LogP contribution in [0, 0.1) is 5.82 Å². The molecule has 12 heteroatoms. The van der Waals surface area contributed by atoms with Crippen molar-refractivity contribution in [3.05, 3.63) is 52.5 Å². The molecule has 2 aromatic heterocycles. The molecule has 1 saturated heterocycles. The molecule has 3 aromatic rings. The molecule has 1 unspecified atom stereocenters. The Morgan fingerprint density at radius 2 is 1.88 bits per heavy atom. The molecular weight excluding hydrogens is 451 g/mol. The lowest BCUT2D eigenvalue weighted by Crippen LogP contribution is -2.39. The highest BCUT2D eigenvalue weighted by Gasteiger charge is 2.30. The summed E-state index contributed by atoms with van der Waals surface area (Å²) in [5, 5.41) is 3.95. The van der Waals surface area contributed by atoms with Gasteiger partial charge in [-0.3, -0.25) is 14.4 Å². The molecule has 0 saturated carbocycles. The monoisotopic (exact) mass is 472 g/mol. The summed E-state index contributed by atoms with van der Waals surface area (Å²) in [5.41, 5.74) is 12.0. The van der Waals surface area contributed by atoms with Crippen LogP contribution in [-0.4, -0.2) is 51.8 Å². The van der Waals surface area contributed by atoms with Crippen LogP contribution in [0.1, 0.15) is 45.7 Å². The van der Waals surface area contributed by atoms with E-state index in [1.165, 1.54) is 35.2 Å². The fraction of sp³-hybridized carbons (Fsp3) is 0.286. The van der Waals surface area contributed by atoms with Gasteiger partial charge >= 0.3 is 0 Å². The van der Waals surface area contributed by atoms with E-state index in [2.05, 4.69) is 10.1 Å². The Balaban J connectivity index is 1.64. The number of ketones is 1. The second-order valence-electron chi connectivity index (χ2n) is 7.54. The van der Waals surface area contributed by atoms with Gasteiger partial charge in [-0.15, -0.1) is 0 Å². The zero-order valence-electron chi connectivity index (χ0n) is 17.7. The van der Waals surface area contributed by atoms with Crippen molar-refractivity contribution < 1.29 is 23.3 Å². The quantitative estimate of drug-likeness (QED) is 0.498. The van der Waals surface area contributed by atoms with Gasteiger partial charge < -0.3 is 25.8 Å². The zero-order valence-corrected chi connectivity index (χ0v) is 18.5. The first-order chi connectivity index (χ1) is 15.8. The molecule has 1 aromatic carbocycles. The molecule has 2 amide bonds. The second-order valence-corrected chi connectivity index (χ2v) is 8.52. The van der Waals surface area contributed by atoms with E-state index >= 15 is 0 Å². The molecule has 1 atom stereocenters. The van der Waals surface area contributed by atoms with Crippen molar-refractivity contribution in [3.63, 3.8) is 0 Å². The molecule has 1 aliphatic heterocycles. The number of halogens is 1. The van der Waals surface area contributed by atoms with Crippen molar-refractivity contribution in [1.82, 2.24) is 15.0 Å². The average Bonchev–Trinajstić information content (AvgIpc) is 3.55. The highest BCUT2D eigenvalue weighted by Crippen LogP contribution is 2.36. The Bertz CT molecular complexity index is 1200. The normalized spacial score (nSPS) is 14.3. The van der Waals surface area contributed by atoms with Crippen molar-refractivity contribution in [2.75, 3.05) is 23.7 Å². The average molecular weight is 473 g/mol. The number of carbonyl (C=O) groups is 3. The van der Waals surface area contributed by atoms with E-state index in [-0.39, 0.29) is 33.2 Å². The number of anilines is 3. The Kier molecular flexibility index (Phi) is 6.09. The minimum Gasteiger partial charge on any atom is -0.382 e. The number of benzene rings is 1. The van der Waals surface area contributed by atoms with Gasteiger partial charge in [0.15, 0.2) is 10.8 Å². The van der Waals surface area contributed by atoms with Crippen LogP contribution in [0.3, 0.4) is 0 Å². The lowest BCUT2D eigenvalue weighted by molar-refractivity contribution is -0.118. The number of nitrogens with zero attached hydrogens (tertiary/aromatic N) is 4. The summed E-state index contributed by atoms with van der Waals surface area (Å²) in [5.74, 6) is -2.25. The predicted molar refractivity (Wildman–Crippen MR) is 119 cm³/mol. The van der Waals surface area contributed by atoms with E-state index in [4.69, 9.17) is 16.0 Å². The van der Waals surface area contributed by atoms with Gasteiger partial charge in [0.25, 0.3) is 5.91 Å². The smallest absolute Gasteiger partial charge is 0.276 e. The number of hydrogen-bond donors (Lipinski definition) is 2. The fourth-order valence-electron chi connectivity index (χ4n) is 3.49. The molecule has 4 N–H and O–H groups in total. The molecule has 1 aliphatic rings. The topological polar surface area (TPSA) is 149 Å². The van der Waals surface area contributed by atoms with Crippen molar-refractivity contribution in [2.24, 2.45) is 5.73 Å². The molecule has 33 heavy (non-hydrogen) atoms. The first-order valence-electron chi connectivity index (χ1n) is 10.2. The van der Waals surface area contributed by atoms with Crippen LogP contribution in [0.5, 0.6) is 0 Å². The van der Waals surface area contributed by atoms with Gasteiger partial charge in [-0.05, 0) is 44.0 Å². The van der Waals surface area contributed by atoms with Crippen LogP contribution in [0.25, 0.3) is 0 Å². The van der Waals surface area contributed by atoms with Crippen LogP contribution in [-0.2, 0) is 4.79 Å². The summed E-state index contributed by atoms with van der Waals surface area (Å²) in [7, 11) is 0. The standard InChI is InChI=1S/C21H21FN6O4S/c1-11(19(24)30)28(13-6-4-12(22)5-7-13)21-25-18(23)17(33-21)16(29)15-10-14(26-32-15)20(31)27-8-2-3-9-27/h4-7,10-11H,2-3,8-9,23H2,1H3,(H2,24,30).